The predicted octanol–water partition coefficient (Wildman–Crippen LogP) is 9.38. The van der Waals surface area contributed by atoms with Crippen LogP contribution in [0.2, 0.25) is 0 Å². The van der Waals surface area contributed by atoms with Crippen LogP contribution < -0.4 is 0 Å². The van der Waals surface area contributed by atoms with E-state index in [0.29, 0.717) is 6.54 Å². The highest BCUT2D eigenvalue weighted by atomic mass is 16.3. The smallest absolute Gasteiger partial charge is 0.251 e. The van der Waals surface area contributed by atoms with Crippen LogP contribution in [-0.2, 0) is 17.6 Å². The number of rotatable bonds is 14. The Hall–Kier alpha value is -3.17. The second-order valence-corrected chi connectivity index (χ2v) is 12.3. The molecule has 1 saturated carbocycles. The van der Waals surface area contributed by atoms with Gasteiger partial charge in [-0.15, -0.1) is 0 Å². The number of carbonyl (C=O) groups excluding carboxylic acids is 1. The van der Waals surface area contributed by atoms with E-state index < -0.39 is 0 Å². The van der Waals surface area contributed by atoms with Crippen molar-refractivity contribution in [1.29, 1.82) is 0 Å². The molecular formula is C39H51NO2. The number of nitrogens with zero attached hydrogens (tertiary/aromatic N) is 1. The lowest BCUT2D eigenvalue weighted by atomic mass is 9.77. The van der Waals surface area contributed by atoms with Crippen molar-refractivity contribution in [3.05, 3.63) is 95.6 Å². The molecule has 1 N–H and O–H groups in total. The van der Waals surface area contributed by atoms with Gasteiger partial charge in [0.1, 0.15) is 0 Å². The molecule has 3 aromatic rings. The molecule has 0 unspecified atom stereocenters. The molecule has 1 aliphatic carbocycles. The van der Waals surface area contributed by atoms with Gasteiger partial charge in [0.15, 0.2) is 0 Å². The molecule has 0 aromatic heterocycles. The molecule has 3 nitrogen and oxygen atoms in total. The van der Waals surface area contributed by atoms with E-state index in [-0.39, 0.29) is 18.1 Å². The van der Waals surface area contributed by atoms with Gasteiger partial charge in [-0.2, -0.15) is 0 Å². The van der Waals surface area contributed by atoms with Gasteiger partial charge in [-0.25, -0.2) is 0 Å². The van der Waals surface area contributed by atoms with Gasteiger partial charge in [0.2, 0.25) is 0 Å². The van der Waals surface area contributed by atoms with Crippen molar-refractivity contribution in [1.82, 2.24) is 4.90 Å². The molecule has 3 heteroatoms. The van der Waals surface area contributed by atoms with E-state index >= 15 is 0 Å². The maximum atomic E-state index is 12.1. The third kappa shape index (κ3) is 8.44. The van der Waals surface area contributed by atoms with Gasteiger partial charge in [0, 0.05) is 19.2 Å². The van der Waals surface area contributed by atoms with Gasteiger partial charge in [-0.1, -0.05) is 113 Å². The Morgan fingerprint density at radius 1 is 0.857 bits per heavy atom. The zero-order chi connectivity index (χ0) is 29.9. The number of hydrogen-bond acceptors (Lipinski definition) is 2. The fraction of sp³-hybridized carbons (Fsp3) is 0.462. The highest BCUT2D eigenvalue weighted by molar-refractivity contribution is 5.92. The van der Waals surface area contributed by atoms with Gasteiger partial charge >= 0.3 is 0 Å². The number of aliphatic hydroxyl groups excluding tert-OH is 1. The fourth-order valence-electron chi connectivity index (χ4n) is 6.57. The van der Waals surface area contributed by atoms with Gasteiger partial charge in [0.25, 0.3) is 5.91 Å². The summed E-state index contributed by atoms with van der Waals surface area (Å²) in [6, 6.07) is 25.2. The molecule has 4 rings (SSSR count). The molecule has 0 spiro atoms. The van der Waals surface area contributed by atoms with Crippen molar-refractivity contribution in [2.75, 3.05) is 20.2 Å². The lowest BCUT2D eigenvalue weighted by Gasteiger charge is -2.29. The molecule has 0 atom stereocenters. The SMILES string of the molecule is C=C(CO)C(=O)N(C)CCCc1ccc(-c2ccc(-c3ccc(C4CCC(CCCCC)CC4)cc3)c(CC)c2)cc1. The molecule has 3 aromatic carbocycles. The molecule has 224 valence electrons. The lowest BCUT2D eigenvalue weighted by molar-refractivity contribution is -0.126. The first-order chi connectivity index (χ1) is 20.4. The fourth-order valence-corrected chi connectivity index (χ4v) is 6.57. The Morgan fingerprint density at radius 3 is 2.17 bits per heavy atom. The van der Waals surface area contributed by atoms with Gasteiger partial charge in [0.05, 0.1) is 6.61 Å². The van der Waals surface area contributed by atoms with Crippen molar-refractivity contribution in [2.24, 2.45) is 5.92 Å². The number of carbonyl (C=O) groups is 1. The minimum atomic E-state index is -0.294. The average Bonchev–Trinajstić information content (AvgIpc) is 3.04. The largest absolute Gasteiger partial charge is 0.391 e. The summed E-state index contributed by atoms with van der Waals surface area (Å²) in [5.41, 5.74) is 9.54. The molecular weight excluding hydrogens is 514 g/mol. The Balaban J connectivity index is 1.34. The molecule has 1 fully saturated rings. The van der Waals surface area contributed by atoms with Crippen molar-refractivity contribution < 1.29 is 9.90 Å². The monoisotopic (exact) mass is 565 g/mol. The Bertz CT molecular complexity index is 1280. The van der Waals surface area contributed by atoms with Crippen LogP contribution in [0.4, 0.5) is 0 Å². The summed E-state index contributed by atoms with van der Waals surface area (Å²) in [4.78, 5) is 13.7. The van der Waals surface area contributed by atoms with Crippen LogP contribution in [-0.4, -0.2) is 36.1 Å². The third-order valence-corrected chi connectivity index (χ3v) is 9.33. The first-order valence-corrected chi connectivity index (χ1v) is 16.3. The van der Waals surface area contributed by atoms with Gasteiger partial charge in [-0.3, -0.25) is 4.79 Å². The lowest BCUT2D eigenvalue weighted by Crippen LogP contribution is -2.30. The summed E-state index contributed by atoms with van der Waals surface area (Å²) >= 11 is 0. The summed E-state index contributed by atoms with van der Waals surface area (Å²) in [6.45, 7) is 8.52. The average molecular weight is 566 g/mol. The summed E-state index contributed by atoms with van der Waals surface area (Å²) in [5, 5.41) is 9.12. The van der Waals surface area contributed by atoms with E-state index in [9.17, 15) is 4.79 Å². The second kappa shape index (κ2) is 15.9. The summed E-state index contributed by atoms with van der Waals surface area (Å²) in [5.74, 6) is 1.50. The maximum Gasteiger partial charge on any atom is 0.251 e. The molecule has 0 heterocycles. The van der Waals surface area contributed by atoms with Crippen LogP contribution in [0.15, 0.2) is 78.9 Å². The molecule has 1 amide bonds. The van der Waals surface area contributed by atoms with Crippen LogP contribution in [0, 0.1) is 5.92 Å². The van der Waals surface area contributed by atoms with Gasteiger partial charge < -0.3 is 10.0 Å². The number of unbranched alkanes of at least 4 members (excludes halogenated alkanes) is 2. The predicted molar refractivity (Wildman–Crippen MR) is 178 cm³/mol. The minimum absolute atomic E-state index is 0.186. The highest BCUT2D eigenvalue weighted by Gasteiger charge is 2.22. The molecule has 1 aliphatic rings. The number of benzene rings is 3. The van der Waals surface area contributed by atoms with Crippen LogP contribution in [0.3, 0.4) is 0 Å². The zero-order valence-corrected chi connectivity index (χ0v) is 26.2. The summed E-state index contributed by atoms with van der Waals surface area (Å²) < 4.78 is 0. The second-order valence-electron chi connectivity index (χ2n) is 12.3. The van der Waals surface area contributed by atoms with Crippen molar-refractivity contribution >= 4 is 5.91 Å². The first-order valence-electron chi connectivity index (χ1n) is 16.3. The molecule has 0 saturated heterocycles. The molecule has 0 radical (unpaired) electrons. The number of amides is 1. The Morgan fingerprint density at radius 2 is 1.52 bits per heavy atom. The van der Waals surface area contributed by atoms with Crippen molar-refractivity contribution in [3.8, 4) is 22.3 Å². The van der Waals surface area contributed by atoms with Crippen LogP contribution in [0.25, 0.3) is 22.3 Å². The van der Waals surface area contributed by atoms with E-state index in [1.807, 2.05) is 0 Å². The van der Waals surface area contributed by atoms with Crippen LogP contribution in [0.5, 0.6) is 0 Å². The first kappa shape index (κ1) is 31.8. The standard InChI is InChI=1S/C39H51NO2/c1-5-7-8-10-30-12-16-33(17-13-30)34-20-22-36(23-21-34)38-25-24-37(27-32(38)6-2)35-18-14-31(15-19-35)11-9-26-40(4)39(42)29(3)28-41/h14-15,18-25,27,30,33,41H,3,5-13,16-17,26,28H2,1-2,4H3. The Labute approximate surface area is 254 Å². The minimum Gasteiger partial charge on any atom is -0.391 e. The highest BCUT2D eigenvalue weighted by Crippen LogP contribution is 2.39. The molecule has 0 aliphatic heterocycles. The van der Waals surface area contributed by atoms with E-state index in [0.717, 1.165) is 31.1 Å². The number of hydrogen-bond donors (Lipinski definition) is 1. The summed E-state index contributed by atoms with van der Waals surface area (Å²) in [6.07, 6.45) is 13.8. The molecule has 0 bridgehead atoms. The topological polar surface area (TPSA) is 40.5 Å². The van der Waals surface area contributed by atoms with E-state index in [1.165, 1.54) is 90.3 Å². The maximum absolute atomic E-state index is 12.1. The number of likely N-dealkylation sites (N-methyl/N-ethyl adjacent to an activating group) is 1. The third-order valence-electron chi connectivity index (χ3n) is 9.33. The summed E-state index contributed by atoms with van der Waals surface area (Å²) in [7, 11) is 1.76. The molecule has 42 heavy (non-hydrogen) atoms. The van der Waals surface area contributed by atoms with Crippen molar-refractivity contribution in [2.45, 2.75) is 90.4 Å². The van der Waals surface area contributed by atoms with Crippen molar-refractivity contribution in [3.63, 3.8) is 0 Å². The number of aliphatic hydroxyl groups is 1. The van der Waals surface area contributed by atoms with E-state index in [1.54, 1.807) is 11.9 Å². The van der Waals surface area contributed by atoms with Gasteiger partial charge in [-0.05, 0) is 95.7 Å². The normalized spacial score (nSPS) is 16.8. The van der Waals surface area contributed by atoms with E-state index in [2.05, 4.69) is 87.2 Å². The van der Waals surface area contributed by atoms with Crippen LogP contribution >= 0.6 is 0 Å². The van der Waals surface area contributed by atoms with Crippen LogP contribution in [0.1, 0.15) is 94.2 Å². The van der Waals surface area contributed by atoms with E-state index in [4.69, 9.17) is 5.11 Å². The number of aryl methyl sites for hydroxylation is 2. The Kier molecular flexibility index (Phi) is 12.0. The quantitative estimate of drug-likeness (QED) is 0.156. The zero-order valence-electron chi connectivity index (χ0n) is 26.2.